The number of hydrogen-bond donors (Lipinski definition) is 2. The van der Waals surface area contributed by atoms with E-state index < -0.39 is 35.3 Å². The van der Waals surface area contributed by atoms with E-state index in [-0.39, 0.29) is 17.2 Å². The number of carboxylic acids is 1. The van der Waals surface area contributed by atoms with Crippen molar-refractivity contribution < 1.29 is 27.9 Å². The van der Waals surface area contributed by atoms with Crippen molar-refractivity contribution in [1.29, 1.82) is 0 Å². The van der Waals surface area contributed by atoms with Gasteiger partial charge in [-0.15, -0.1) is 28.6 Å². The number of halogens is 3. The van der Waals surface area contributed by atoms with Crippen LogP contribution in [0, 0.1) is 6.92 Å². The Morgan fingerprint density at radius 2 is 2.17 bits per heavy atom. The smallest absolute Gasteiger partial charge is 0.453 e. The van der Waals surface area contributed by atoms with E-state index >= 15 is 0 Å². The quantitative estimate of drug-likeness (QED) is 0.404. The summed E-state index contributed by atoms with van der Waals surface area (Å²) in [4.78, 5) is 32.3. The SMILES string of the molecule is Cc1cc(SCC2=C(C(=O)O)N3C(=O)C(N)[C@@H]3SC2)n2nc(C(F)(F)F)nc2n1. The number of thioether (sulfide) groups is 2. The second kappa shape index (κ2) is 6.88. The van der Waals surface area contributed by atoms with E-state index in [4.69, 9.17) is 5.73 Å². The molecule has 2 aliphatic rings. The summed E-state index contributed by atoms with van der Waals surface area (Å²) in [5, 5.41) is 13.0. The molecule has 1 amide bonds. The first kappa shape index (κ1) is 20.0. The lowest BCUT2D eigenvalue weighted by Crippen LogP contribution is -2.68. The van der Waals surface area contributed by atoms with Crippen LogP contribution in [-0.2, 0) is 15.8 Å². The van der Waals surface area contributed by atoms with E-state index in [9.17, 15) is 27.9 Å². The average Bonchev–Trinajstić information content (AvgIpc) is 3.08. The van der Waals surface area contributed by atoms with E-state index in [0.29, 0.717) is 22.0 Å². The van der Waals surface area contributed by atoms with Crippen molar-refractivity contribution in [3.63, 3.8) is 0 Å². The molecule has 1 saturated heterocycles. The molecule has 0 spiro atoms. The Labute approximate surface area is 169 Å². The van der Waals surface area contributed by atoms with Crippen LogP contribution in [0.25, 0.3) is 5.78 Å². The largest absolute Gasteiger partial charge is 0.477 e. The van der Waals surface area contributed by atoms with E-state index in [1.54, 1.807) is 6.92 Å². The summed E-state index contributed by atoms with van der Waals surface area (Å²) in [5.74, 6) is -2.74. The molecule has 29 heavy (non-hydrogen) atoms. The fraction of sp³-hybridized carbons (Fsp3) is 0.400. The monoisotopic (exact) mass is 446 g/mol. The van der Waals surface area contributed by atoms with Gasteiger partial charge in [0, 0.05) is 17.2 Å². The molecule has 0 aromatic carbocycles. The number of aliphatic carboxylic acids is 1. The van der Waals surface area contributed by atoms with Crippen molar-refractivity contribution in [2.45, 2.75) is 29.5 Å². The molecule has 0 aliphatic carbocycles. The fourth-order valence-corrected chi connectivity index (χ4v) is 5.51. The van der Waals surface area contributed by atoms with Gasteiger partial charge in [0.1, 0.15) is 22.1 Å². The summed E-state index contributed by atoms with van der Waals surface area (Å²) in [6, 6.07) is 0.804. The van der Waals surface area contributed by atoms with E-state index in [2.05, 4.69) is 15.1 Å². The predicted molar refractivity (Wildman–Crippen MR) is 97.0 cm³/mol. The zero-order valence-corrected chi connectivity index (χ0v) is 16.3. The van der Waals surface area contributed by atoms with Gasteiger partial charge in [0.15, 0.2) is 0 Å². The number of carbonyl (C=O) groups excluding carboxylic acids is 1. The van der Waals surface area contributed by atoms with Crippen molar-refractivity contribution in [2.75, 3.05) is 11.5 Å². The Morgan fingerprint density at radius 3 is 2.83 bits per heavy atom. The Hall–Kier alpha value is -2.32. The number of nitrogens with zero attached hydrogens (tertiary/aromatic N) is 5. The lowest BCUT2D eigenvalue weighted by atomic mass is 10.0. The third kappa shape index (κ3) is 3.34. The zero-order valence-electron chi connectivity index (χ0n) is 14.7. The number of carbonyl (C=O) groups is 2. The van der Waals surface area contributed by atoms with Crippen molar-refractivity contribution >= 4 is 41.2 Å². The molecular formula is C15H13F3N6O3S2. The van der Waals surface area contributed by atoms with Gasteiger partial charge >= 0.3 is 12.1 Å². The minimum atomic E-state index is -4.71. The number of aromatic nitrogens is 4. The Morgan fingerprint density at radius 1 is 1.45 bits per heavy atom. The molecule has 14 heteroatoms. The molecule has 4 heterocycles. The van der Waals surface area contributed by atoms with Crippen LogP contribution in [0.1, 0.15) is 11.5 Å². The van der Waals surface area contributed by atoms with Crippen LogP contribution in [0.5, 0.6) is 0 Å². The maximum Gasteiger partial charge on any atom is 0.453 e. The number of rotatable bonds is 4. The maximum atomic E-state index is 12.9. The topological polar surface area (TPSA) is 127 Å². The molecule has 1 unspecified atom stereocenters. The summed E-state index contributed by atoms with van der Waals surface area (Å²) in [7, 11) is 0. The molecule has 2 aromatic rings. The van der Waals surface area contributed by atoms with Gasteiger partial charge in [-0.3, -0.25) is 9.69 Å². The Kier molecular flexibility index (Phi) is 4.74. The summed E-state index contributed by atoms with van der Waals surface area (Å²) < 4.78 is 39.8. The lowest BCUT2D eigenvalue weighted by molar-refractivity contribution is -0.147. The zero-order chi connectivity index (χ0) is 21.1. The molecular weight excluding hydrogens is 433 g/mol. The summed E-state index contributed by atoms with van der Waals surface area (Å²) in [6.07, 6.45) is -4.71. The number of β-lactam (4-membered cyclic amide) rings is 1. The minimum absolute atomic E-state index is 0.121. The number of nitrogens with two attached hydrogens (primary N) is 1. The third-order valence-electron chi connectivity index (χ3n) is 4.35. The van der Waals surface area contributed by atoms with Gasteiger partial charge in [0.05, 0.1) is 0 Å². The van der Waals surface area contributed by atoms with E-state index in [1.165, 1.54) is 22.7 Å². The summed E-state index contributed by atoms with van der Waals surface area (Å²) in [6.45, 7) is 1.61. The van der Waals surface area contributed by atoms with E-state index in [1.807, 2.05) is 0 Å². The molecule has 9 nitrogen and oxygen atoms in total. The summed E-state index contributed by atoms with van der Waals surface area (Å²) >= 11 is 2.45. The minimum Gasteiger partial charge on any atom is -0.477 e. The van der Waals surface area contributed by atoms with Crippen LogP contribution < -0.4 is 5.73 Å². The number of fused-ring (bicyclic) bond motifs is 2. The van der Waals surface area contributed by atoms with Gasteiger partial charge in [-0.1, -0.05) is 0 Å². The molecule has 1 fully saturated rings. The van der Waals surface area contributed by atoms with E-state index in [0.717, 1.165) is 16.3 Å². The second-order valence-corrected chi connectivity index (χ2v) is 8.46. The number of aryl methyl sites for hydroxylation is 1. The number of hydrogen-bond acceptors (Lipinski definition) is 8. The van der Waals surface area contributed by atoms with Gasteiger partial charge in [-0.05, 0) is 18.6 Å². The normalized spacial score (nSPS) is 22.1. The van der Waals surface area contributed by atoms with Gasteiger partial charge in [-0.25, -0.2) is 9.78 Å². The first-order valence-corrected chi connectivity index (χ1v) is 10.2. The Bertz CT molecular complexity index is 1070. The van der Waals surface area contributed by atoms with Crippen molar-refractivity contribution in [3.8, 4) is 0 Å². The molecule has 0 saturated carbocycles. The van der Waals surface area contributed by atoms with Crippen molar-refractivity contribution in [3.05, 3.63) is 28.9 Å². The van der Waals surface area contributed by atoms with Gasteiger partial charge in [-0.2, -0.15) is 22.7 Å². The number of carboxylic acid groups (broad SMARTS) is 1. The molecule has 0 bridgehead atoms. The Balaban J connectivity index is 1.66. The molecule has 2 aromatic heterocycles. The number of alkyl halides is 3. The van der Waals surface area contributed by atoms with Crippen LogP contribution in [0.15, 0.2) is 22.4 Å². The van der Waals surface area contributed by atoms with Gasteiger partial charge in [0.25, 0.3) is 11.6 Å². The van der Waals surface area contributed by atoms with Crippen LogP contribution in [0.4, 0.5) is 13.2 Å². The average molecular weight is 446 g/mol. The predicted octanol–water partition coefficient (Wildman–Crippen LogP) is 1.12. The second-order valence-electron chi connectivity index (χ2n) is 6.36. The lowest BCUT2D eigenvalue weighted by Gasteiger charge is -2.48. The summed E-state index contributed by atoms with van der Waals surface area (Å²) in [5.41, 5.74) is 6.51. The highest BCUT2D eigenvalue weighted by molar-refractivity contribution is 8.01. The first-order chi connectivity index (χ1) is 13.6. The maximum absolute atomic E-state index is 12.9. The molecule has 154 valence electrons. The molecule has 2 atom stereocenters. The molecule has 4 rings (SSSR count). The highest BCUT2D eigenvalue weighted by atomic mass is 32.2. The van der Waals surface area contributed by atoms with Gasteiger partial charge < -0.3 is 10.8 Å². The third-order valence-corrected chi connectivity index (χ3v) is 6.79. The molecule has 3 N–H and O–H groups in total. The van der Waals surface area contributed by atoms with Gasteiger partial charge in [0.2, 0.25) is 5.91 Å². The van der Waals surface area contributed by atoms with Crippen molar-refractivity contribution in [2.24, 2.45) is 5.73 Å². The van der Waals surface area contributed by atoms with Crippen LogP contribution >= 0.6 is 23.5 Å². The molecule has 2 aliphatic heterocycles. The first-order valence-electron chi connectivity index (χ1n) is 8.18. The standard InChI is InChI=1S/C15H13F3N6O3S2/c1-5-2-7(24-14(20-5)21-13(22-24)15(16,17)18)28-3-6-4-29-11-8(19)10(25)23(11)9(6)12(26)27/h2,8,11H,3-4,19H2,1H3,(H,26,27)/t8?,11-/m0/s1. The van der Waals surface area contributed by atoms with Crippen LogP contribution in [0.3, 0.4) is 0 Å². The molecule has 0 radical (unpaired) electrons. The fourth-order valence-electron chi connectivity index (χ4n) is 3.03. The number of amides is 1. The van der Waals surface area contributed by atoms with Crippen LogP contribution in [0.2, 0.25) is 0 Å². The van der Waals surface area contributed by atoms with Crippen molar-refractivity contribution in [1.82, 2.24) is 24.5 Å². The highest BCUT2D eigenvalue weighted by Crippen LogP contribution is 2.40. The van der Waals surface area contributed by atoms with Crippen LogP contribution in [-0.4, -0.2) is 64.4 Å². The highest BCUT2D eigenvalue weighted by Gasteiger charge is 2.51.